The molecule has 34 heavy (non-hydrogen) atoms. The predicted octanol–water partition coefficient (Wildman–Crippen LogP) is 2.93. The molecule has 0 aliphatic carbocycles. The van der Waals surface area contributed by atoms with Crippen LogP contribution in [0.2, 0.25) is 0 Å². The van der Waals surface area contributed by atoms with Gasteiger partial charge < -0.3 is 15.0 Å². The molecule has 8 nitrogen and oxygen atoms in total. The summed E-state index contributed by atoms with van der Waals surface area (Å²) in [6, 6.07) is 11.1. The van der Waals surface area contributed by atoms with Gasteiger partial charge in [0.05, 0.1) is 19.1 Å². The summed E-state index contributed by atoms with van der Waals surface area (Å²) in [5.74, 6) is -1.06. The number of rotatable bonds is 9. The maximum absolute atomic E-state index is 13.8. The van der Waals surface area contributed by atoms with Gasteiger partial charge in [-0.3, -0.25) is 13.9 Å². The number of benzene rings is 2. The molecule has 186 valence electrons. The summed E-state index contributed by atoms with van der Waals surface area (Å²) < 4.78 is 44.8. The van der Waals surface area contributed by atoms with E-state index in [1.165, 1.54) is 30.2 Å². The van der Waals surface area contributed by atoms with Gasteiger partial charge in [-0.2, -0.15) is 0 Å². The van der Waals surface area contributed by atoms with Crippen molar-refractivity contribution in [1.82, 2.24) is 10.2 Å². The molecule has 2 aromatic carbocycles. The van der Waals surface area contributed by atoms with Crippen LogP contribution in [0.25, 0.3) is 0 Å². The van der Waals surface area contributed by atoms with Crippen molar-refractivity contribution >= 4 is 27.5 Å². The highest BCUT2D eigenvalue weighted by Crippen LogP contribution is 2.21. The number of carbonyl (C=O) groups excluding carboxylic acids is 2. The second kappa shape index (κ2) is 10.9. The Bertz CT molecular complexity index is 1130. The zero-order valence-corrected chi connectivity index (χ0v) is 21.1. The van der Waals surface area contributed by atoms with Gasteiger partial charge in [-0.05, 0) is 63.6 Å². The van der Waals surface area contributed by atoms with E-state index in [2.05, 4.69) is 5.32 Å². The highest BCUT2D eigenvalue weighted by Gasteiger charge is 2.31. The van der Waals surface area contributed by atoms with Gasteiger partial charge in [-0.1, -0.05) is 18.2 Å². The molecule has 0 aliphatic heterocycles. The Morgan fingerprint density at radius 2 is 1.76 bits per heavy atom. The topological polar surface area (TPSA) is 96.0 Å². The SMILES string of the molecule is COc1cccc(CN(C(=O)CN(c2cccc(F)c2)S(C)(=O)=O)[C@@H](C)C(=O)NC(C)(C)C)c1. The van der Waals surface area contributed by atoms with Crippen LogP contribution < -0.4 is 14.4 Å². The van der Waals surface area contributed by atoms with Gasteiger partial charge in [0.1, 0.15) is 24.2 Å². The Kier molecular flexibility index (Phi) is 8.66. The first-order chi connectivity index (χ1) is 15.7. The molecule has 2 amide bonds. The molecule has 0 aromatic heterocycles. The van der Waals surface area contributed by atoms with Crippen LogP contribution in [0.15, 0.2) is 48.5 Å². The van der Waals surface area contributed by atoms with E-state index in [9.17, 15) is 22.4 Å². The molecule has 2 aromatic rings. The lowest BCUT2D eigenvalue weighted by Crippen LogP contribution is -2.54. The van der Waals surface area contributed by atoms with Crippen molar-refractivity contribution in [2.24, 2.45) is 0 Å². The molecule has 0 spiro atoms. The summed E-state index contributed by atoms with van der Waals surface area (Å²) >= 11 is 0. The molecule has 0 unspecified atom stereocenters. The number of nitrogens with one attached hydrogen (secondary N) is 1. The molecule has 0 radical (unpaired) electrons. The Hall–Kier alpha value is -3.14. The molecule has 10 heteroatoms. The number of carbonyl (C=O) groups is 2. The monoisotopic (exact) mass is 493 g/mol. The predicted molar refractivity (Wildman–Crippen MR) is 129 cm³/mol. The lowest BCUT2D eigenvalue weighted by atomic mass is 10.1. The summed E-state index contributed by atoms with van der Waals surface area (Å²) in [7, 11) is -2.40. The van der Waals surface area contributed by atoms with Crippen molar-refractivity contribution < 1.29 is 27.1 Å². The molecule has 1 N–H and O–H groups in total. The number of hydrogen-bond donors (Lipinski definition) is 1. The van der Waals surface area contributed by atoms with Gasteiger partial charge in [-0.25, -0.2) is 12.8 Å². The fourth-order valence-corrected chi connectivity index (χ4v) is 4.11. The van der Waals surface area contributed by atoms with Crippen molar-refractivity contribution in [2.75, 3.05) is 24.2 Å². The second-order valence-electron chi connectivity index (χ2n) is 9.04. The molecule has 0 saturated heterocycles. The van der Waals surface area contributed by atoms with E-state index >= 15 is 0 Å². The number of ether oxygens (including phenoxy) is 1. The molecule has 1 atom stereocenters. The van der Waals surface area contributed by atoms with E-state index in [0.717, 1.165) is 16.6 Å². The Balaban J connectivity index is 2.42. The van der Waals surface area contributed by atoms with Gasteiger partial charge in [0, 0.05) is 12.1 Å². The van der Waals surface area contributed by atoms with Crippen LogP contribution in [0, 0.1) is 5.82 Å². The fourth-order valence-electron chi connectivity index (χ4n) is 3.27. The summed E-state index contributed by atoms with van der Waals surface area (Å²) in [5.41, 5.74) is 0.180. The maximum atomic E-state index is 13.8. The molecule has 2 rings (SSSR count). The van der Waals surface area contributed by atoms with Crippen LogP contribution >= 0.6 is 0 Å². The fraction of sp³-hybridized carbons (Fsp3) is 0.417. The van der Waals surface area contributed by atoms with Gasteiger partial charge in [0.15, 0.2) is 0 Å². The van der Waals surface area contributed by atoms with E-state index < -0.39 is 39.9 Å². The summed E-state index contributed by atoms with van der Waals surface area (Å²) in [6.07, 6.45) is 0.938. The molecular formula is C24H32FN3O5S. The zero-order chi connectivity index (χ0) is 25.7. The van der Waals surface area contributed by atoms with Gasteiger partial charge in [0.25, 0.3) is 0 Å². The standard InChI is InChI=1S/C24H32FN3O5S/c1-17(23(30)26-24(2,3)4)27(15-18-9-7-12-21(13-18)33-5)22(29)16-28(34(6,31)32)20-11-8-10-19(25)14-20/h7-14,17H,15-16H2,1-6H3,(H,26,30)/t17-/m0/s1. The van der Waals surface area contributed by atoms with Crippen molar-refractivity contribution in [2.45, 2.75) is 45.8 Å². The van der Waals surface area contributed by atoms with Crippen molar-refractivity contribution in [3.63, 3.8) is 0 Å². The highest BCUT2D eigenvalue weighted by atomic mass is 32.2. The lowest BCUT2D eigenvalue weighted by molar-refractivity contribution is -0.140. The average molecular weight is 494 g/mol. The van der Waals surface area contributed by atoms with Crippen LogP contribution in [-0.2, 0) is 26.2 Å². The smallest absolute Gasteiger partial charge is 0.244 e. The van der Waals surface area contributed by atoms with Crippen molar-refractivity contribution in [1.29, 1.82) is 0 Å². The molecule has 0 fully saturated rings. The molecule has 0 aliphatic rings. The first kappa shape index (κ1) is 27.1. The van der Waals surface area contributed by atoms with Crippen LogP contribution in [0.3, 0.4) is 0 Å². The van der Waals surface area contributed by atoms with Crippen LogP contribution in [0.4, 0.5) is 10.1 Å². The van der Waals surface area contributed by atoms with Crippen molar-refractivity contribution in [3.8, 4) is 5.75 Å². The number of halogens is 1. The molecule has 0 bridgehead atoms. The first-order valence-corrected chi connectivity index (χ1v) is 12.5. The van der Waals surface area contributed by atoms with Gasteiger partial charge in [0.2, 0.25) is 21.8 Å². The maximum Gasteiger partial charge on any atom is 0.244 e. The number of amides is 2. The van der Waals surface area contributed by atoms with Crippen molar-refractivity contribution in [3.05, 3.63) is 59.9 Å². The van der Waals surface area contributed by atoms with E-state index in [1.807, 2.05) is 20.8 Å². The zero-order valence-electron chi connectivity index (χ0n) is 20.3. The number of sulfonamides is 1. The average Bonchev–Trinajstić information content (AvgIpc) is 2.73. The highest BCUT2D eigenvalue weighted by molar-refractivity contribution is 7.92. The lowest BCUT2D eigenvalue weighted by Gasteiger charge is -2.33. The Labute approximate surface area is 200 Å². The van der Waals surface area contributed by atoms with E-state index in [-0.39, 0.29) is 18.1 Å². The normalized spacial score (nSPS) is 12.6. The summed E-state index contributed by atoms with van der Waals surface area (Å²) in [5, 5.41) is 2.85. The van der Waals surface area contributed by atoms with Gasteiger partial charge >= 0.3 is 0 Å². The number of nitrogens with zero attached hydrogens (tertiary/aromatic N) is 2. The third-order valence-corrected chi connectivity index (χ3v) is 6.07. The van der Waals surface area contributed by atoms with E-state index in [0.29, 0.717) is 11.3 Å². The number of anilines is 1. The molecule has 0 saturated carbocycles. The van der Waals surface area contributed by atoms with E-state index in [1.54, 1.807) is 31.2 Å². The summed E-state index contributed by atoms with van der Waals surface area (Å²) in [6.45, 7) is 6.48. The minimum Gasteiger partial charge on any atom is -0.497 e. The summed E-state index contributed by atoms with van der Waals surface area (Å²) in [4.78, 5) is 27.6. The Morgan fingerprint density at radius 1 is 1.12 bits per heavy atom. The Morgan fingerprint density at radius 3 is 2.32 bits per heavy atom. The third kappa shape index (κ3) is 7.72. The first-order valence-electron chi connectivity index (χ1n) is 10.7. The quantitative estimate of drug-likeness (QED) is 0.580. The number of methoxy groups -OCH3 is 1. The molecular weight excluding hydrogens is 461 g/mol. The largest absolute Gasteiger partial charge is 0.497 e. The third-order valence-electron chi connectivity index (χ3n) is 4.93. The van der Waals surface area contributed by atoms with Crippen LogP contribution in [-0.4, -0.2) is 56.6 Å². The van der Waals surface area contributed by atoms with Gasteiger partial charge in [-0.15, -0.1) is 0 Å². The van der Waals surface area contributed by atoms with Crippen LogP contribution in [0.1, 0.15) is 33.3 Å². The van der Waals surface area contributed by atoms with Crippen LogP contribution in [0.5, 0.6) is 5.75 Å². The molecule has 0 heterocycles. The second-order valence-corrected chi connectivity index (χ2v) is 10.9. The minimum atomic E-state index is -3.92. The van der Waals surface area contributed by atoms with E-state index in [4.69, 9.17) is 4.74 Å². The minimum absolute atomic E-state index is 0.0176. The number of hydrogen-bond acceptors (Lipinski definition) is 5.